The summed E-state index contributed by atoms with van der Waals surface area (Å²) in [7, 11) is -1.46. The molecule has 156 valence electrons. The number of carbonyl (C=O) groups excluding carboxylic acids is 1. The average Bonchev–Trinajstić information content (AvgIpc) is 2.72. The number of benzene rings is 1. The van der Waals surface area contributed by atoms with Gasteiger partial charge in [-0.3, -0.25) is 4.79 Å². The van der Waals surface area contributed by atoms with Crippen LogP contribution in [0.2, 0.25) is 0 Å². The molecule has 0 aliphatic carbocycles. The highest BCUT2D eigenvalue weighted by Crippen LogP contribution is 2.19. The number of hydrogen-bond acceptors (Lipinski definition) is 5. The van der Waals surface area contributed by atoms with E-state index in [4.69, 9.17) is 4.74 Å². The molecule has 0 spiro atoms. The summed E-state index contributed by atoms with van der Waals surface area (Å²) in [5, 5.41) is 0. The van der Waals surface area contributed by atoms with Crippen LogP contribution in [-0.2, 0) is 21.4 Å². The van der Waals surface area contributed by atoms with E-state index in [1.54, 1.807) is 9.21 Å². The Hall–Kier alpha value is -1.68. The van der Waals surface area contributed by atoms with Crippen LogP contribution >= 0.6 is 0 Å². The summed E-state index contributed by atoms with van der Waals surface area (Å²) in [5.74, 6) is 0.622. The number of carbonyl (C=O) groups is 1. The predicted molar refractivity (Wildman–Crippen MR) is 107 cm³/mol. The first kappa shape index (κ1) is 21.0. The van der Waals surface area contributed by atoms with E-state index in [1.165, 1.54) is 4.31 Å². The molecule has 0 aromatic heterocycles. The number of likely N-dealkylation sites (N-methyl/N-ethyl adjacent to an activating group) is 1. The minimum absolute atomic E-state index is 0.0256. The van der Waals surface area contributed by atoms with Crippen LogP contribution < -0.4 is 4.74 Å². The third-order valence-electron chi connectivity index (χ3n) is 5.41. The largest absolute Gasteiger partial charge is 0.483 e. The molecule has 2 saturated heterocycles. The second-order valence-electron chi connectivity index (χ2n) is 7.24. The van der Waals surface area contributed by atoms with Crippen molar-refractivity contribution in [1.29, 1.82) is 0 Å². The monoisotopic (exact) mass is 410 g/mol. The third kappa shape index (κ3) is 4.83. The molecule has 8 nitrogen and oxygen atoms in total. The van der Waals surface area contributed by atoms with Gasteiger partial charge >= 0.3 is 0 Å². The van der Waals surface area contributed by atoms with Crippen LogP contribution in [0, 0.1) is 0 Å². The van der Waals surface area contributed by atoms with E-state index < -0.39 is 10.2 Å². The Morgan fingerprint density at radius 2 is 1.54 bits per heavy atom. The van der Waals surface area contributed by atoms with Crippen molar-refractivity contribution in [2.75, 3.05) is 66.0 Å². The highest BCUT2D eigenvalue weighted by molar-refractivity contribution is 7.86. The molecule has 0 radical (unpaired) electrons. The van der Waals surface area contributed by atoms with Crippen LogP contribution in [0.1, 0.15) is 12.5 Å². The molecule has 9 heteroatoms. The Morgan fingerprint density at radius 3 is 2.14 bits per heavy atom. The van der Waals surface area contributed by atoms with E-state index in [9.17, 15) is 13.2 Å². The number of amides is 1. The summed E-state index contributed by atoms with van der Waals surface area (Å²) >= 11 is 0. The van der Waals surface area contributed by atoms with Crippen molar-refractivity contribution >= 4 is 16.1 Å². The van der Waals surface area contributed by atoms with Crippen LogP contribution in [0.3, 0.4) is 0 Å². The Balaban J connectivity index is 1.50. The Bertz CT molecular complexity index is 770. The quantitative estimate of drug-likeness (QED) is 0.673. The van der Waals surface area contributed by atoms with E-state index in [2.05, 4.69) is 4.90 Å². The maximum absolute atomic E-state index is 12.8. The number of rotatable bonds is 6. The van der Waals surface area contributed by atoms with E-state index in [0.717, 1.165) is 30.8 Å². The molecule has 2 fully saturated rings. The van der Waals surface area contributed by atoms with Crippen molar-refractivity contribution in [2.45, 2.75) is 13.3 Å². The normalized spacial score (nSPS) is 20.3. The van der Waals surface area contributed by atoms with Gasteiger partial charge < -0.3 is 14.5 Å². The van der Waals surface area contributed by atoms with Crippen molar-refractivity contribution in [3.8, 4) is 5.75 Å². The van der Waals surface area contributed by atoms with Crippen LogP contribution in [0.5, 0.6) is 5.75 Å². The minimum Gasteiger partial charge on any atom is -0.483 e. The van der Waals surface area contributed by atoms with E-state index in [-0.39, 0.29) is 12.5 Å². The van der Waals surface area contributed by atoms with E-state index in [1.807, 2.05) is 38.2 Å². The molecule has 1 aromatic carbocycles. The van der Waals surface area contributed by atoms with Crippen molar-refractivity contribution in [2.24, 2.45) is 0 Å². The molecule has 0 unspecified atom stereocenters. The van der Waals surface area contributed by atoms with Gasteiger partial charge in [0.1, 0.15) is 5.75 Å². The lowest BCUT2D eigenvalue weighted by Crippen LogP contribution is -2.57. The second-order valence-corrected chi connectivity index (χ2v) is 9.17. The van der Waals surface area contributed by atoms with Gasteiger partial charge in [-0.15, -0.1) is 0 Å². The van der Waals surface area contributed by atoms with Crippen LogP contribution in [0.25, 0.3) is 0 Å². The van der Waals surface area contributed by atoms with Gasteiger partial charge in [0.15, 0.2) is 6.61 Å². The molecule has 0 N–H and O–H groups in total. The van der Waals surface area contributed by atoms with Gasteiger partial charge in [0.2, 0.25) is 0 Å². The number of nitrogens with zero attached hydrogens (tertiary/aromatic N) is 4. The Kier molecular flexibility index (Phi) is 6.92. The molecule has 0 saturated carbocycles. The first-order valence-corrected chi connectivity index (χ1v) is 11.2. The first-order valence-electron chi connectivity index (χ1n) is 9.84. The minimum atomic E-state index is -3.45. The lowest BCUT2D eigenvalue weighted by Gasteiger charge is -2.39. The molecule has 2 aliphatic rings. The molecule has 0 atom stereocenters. The van der Waals surface area contributed by atoms with Crippen LogP contribution in [-0.4, -0.2) is 98.7 Å². The smallest absolute Gasteiger partial charge is 0.282 e. The molecular formula is C19H30N4O4S. The highest BCUT2D eigenvalue weighted by Gasteiger charge is 2.34. The number of para-hydroxylation sites is 1. The standard InChI is InChI=1S/C19H30N4O4S/c1-3-17-6-4-5-7-18(17)27-16-19(24)21-10-14-23(15-11-21)28(25,26)22-12-8-20(2)9-13-22/h4-7H,3,8-16H2,1-2H3. The van der Waals surface area contributed by atoms with E-state index >= 15 is 0 Å². The summed E-state index contributed by atoms with van der Waals surface area (Å²) in [5.41, 5.74) is 1.07. The van der Waals surface area contributed by atoms with Gasteiger partial charge in [0.05, 0.1) is 0 Å². The SMILES string of the molecule is CCc1ccccc1OCC(=O)N1CCN(S(=O)(=O)N2CCN(C)CC2)CC1. The molecule has 0 bridgehead atoms. The van der Waals surface area contributed by atoms with Crippen LogP contribution in [0.4, 0.5) is 0 Å². The topological polar surface area (TPSA) is 73.4 Å². The zero-order valence-electron chi connectivity index (χ0n) is 16.7. The lowest BCUT2D eigenvalue weighted by molar-refractivity contribution is -0.134. The van der Waals surface area contributed by atoms with Crippen molar-refractivity contribution < 1.29 is 17.9 Å². The number of aryl methyl sites for hydroxylation is 1. The van der Waals surface area contributed by atoms with Crippen molar-refractivity contribution in [3.63, 3.8) is 0 Å². The maximum atomic E-state index is 12.8. The van der Waals surface area contributed by atoms with Crippen LogP contribution in [0.15, 0.2) is 24.3 Å². The zero-order valence-corrected chi connectivity index (χ0v) is 17.5. The van der Waals surface area contributed by atoms with Gasteiger partial charge in [0.25, 0.3) is 16.1 Å². The molecule has 2 aliphatic heterocycles. The van der Waals surface area contributed by atoms with Gasteiger partial charge in [-0.05, 0) is 25.1 Å². The molecule has 1 aromatic rings. The maximum Gasteiger partial charge on any atom is 0.282 e. The second kappa shape index (κ2) is 9.21. The molecule has 2 heterocycles. The Labute approximate surface area is 167 Å². The van der Waals surface area contributed by atoms with Gasteiger partial charge in [-0.25, -0.2) is 0 Å². The van der Waals surface area contributed by atoms with Gasteiger partial charge in [-0.2, -0.15) is 17.0 Å². The lowest BCUT2D eigenvalue weighted by atomic mass is 10.1. The number of piperazine rings is 2. The molecule has 28 heavy (non-hydrogen) atoms. The van der Waals surface area contributed by atoms with Crippen molar-refractivity contribution in [1.82, 2.24) is 18.4 Å². The van der Waals surface area contributed by atoms with Crippen molar-refractivity contribution in [3.05, 3.63) is 29.8 Å². The summed E-state index contributed by atoms with van der Waals surface area (Å²) < 4.78 is 34.4. The summed E-state index contributed by atoms with van der Waals surface area (Å²) in [6, 6.07) is 7.70. The highest BCUT2D eigenvalue weighted by atomic mass is 32.2. The third-order valence-corrected chi connectivity index (χ3v) is 7.45. The van der Waals surface area contributed by atoms with Gasteiger partial charge in [0, 0.05) is 52.4 Å². The van der Waals surface area contributed by atoms with Gasteiger partial charge in [-0.1, -0.05) is 25.1 Å². The zero-order chi connectivity index (χ0) is 20.1. The fourth-order valence-electron chi connectivity index (χ4n) is 3.52. The molecule has 1 amide bonds. The molecule has 3 rings (SSSR count). The Morgan fingerprint density at radius 1 is 0.964 bits per heavy atom. The first-order chi connectivity index (χ1) is 13.4. The average molecular weight is 411 g/mol. The summed E-state index contributed by atoms with van der Waals surface area (Å²) in [6.07, 6.45) is 0.840. The summed E-state index contributed by atoms with van der Waals surface area (Å²) in [6.45, 7) is 5.98. The molecular weight excluding hydrogens is 380 g/mol. The summed E-state index contributed by atoms with van der Waals surface area (Å²) in [4.78, 5) is 16.3. The fourth-order valence-corrected chi connectivity index (χ4v) is 5.09. The van der Waals surface area contributed by atoms with E-state index in [0.29, 0.717) is 39.3 Å². The fraction of sp³-hybridized carbons (Fsp3) is 0.632. The number of ether oxygens (including phenoxy) is 1. The number of hydrogen-bond donors (Lipinski definition) is 0. The predicted octanol–water partition coefficient (Wildman–Crippen LogP) is 0.264.